The highest BCUT2D eigenvalue weighted by atomic mass is 19.1. The van der Waals surface area contributed by atoms with E-state index in [2.05, 4.69) is 5.32 Å². The summed E-state index contributed by atoms with van der Waals surface area (Å²) in [5, 5.41) is 3.19. The van der Waals surface area contributed by atoms with Gasteiger partial charge in [-0.2, -0.15) is 0 Å². The Kier molecular flexibility index (Phi) is 5.45. The van der Waals surface area contributed by atoms with Crippen LogP contribution in [0.5, 0.6) is 11.5 Å². The summed E-state index contributed by atoms with van der Waals surface area (Å²) in [6.07, 6.45) is 0. The number of imide groups is 1. The van der Waals surface area contributed by atoms with Crippen molar-refractivity contribution < 1.29 is 33.0 Å². The summed E-state index contributed by atoms with van der Waals surface area (Å²) < 4.78 is 31.5. The number of anilines is 1. The van der Waals surface area contributed by atoms with Gasteiger partial charge in [-0.3, -0.25) is 14.9 Å². The molecule has 0 saturated carbocycles. The first-order valence-electron chi connectivity index (χ1n) is 11.9. The molecule has 3 aliphatic heterocycles. The number of hydrogen-bond donors (Lipinski definition) is 1. The van der Waals surface area contributed by atoms with Crippen molar-refractivity contribution in [2.45, 2.75) is 11.6 Å². The lowest BCUT2D eigenvalue weighted by Gasteiger charge is -2.33. The van der Waals surface area contributed by atoms with Crippen LogP contribution in [0.15, 0.2) is 72.8 Å². The third-order valence-corrected chi connectivity index (χ3v) is 7.32. The summed E-state index contributed by atoms with van der Waals surface area (Å²) in [5.41, 5.74) is -0.804. The van der Waals surface area contributed by atoms with E-state index < -0.39 is 47.0 Å². The second-order valence-corrected chi connectivity index (χ2v) is 9.15. The summed E-state index contributed by atoms with van der Waals surface area (Å²) in [6, 6.07) is 18.5. The molecule has 37 heavy (non-hydrogen) atoms. The van der Waals surface area contributed by atoms with Gasteiger partial charge < -0.3 is 14.2 Å². The maximum atomic E-state index is 15.1. The lowest BCUT2D eigenvalue weighted by atomic mass is 9.75. The van der Waals surface area contributed by atoms with Gasteiger partial charge in [0.1, 0.15) is 19.0 Å². The minimum Gasteiger partial charge on any atom is -0.486 e. The van der Waals surface area contributed by atoms with E-state index >= 15 is 4.39 Å². The van der Waals surface area contributed by atoms with Crippen LogP contribution in [0.1, 0.15) is 17.2 Å². The summed E-state index contributed by atoms with van der Waals surface area (Å²) >= 11 is 0. The molecule has 6 rings (SSSR count). The third-order valence-electron chi connectivity index (χ3n) is 7.32. The maximum absolute atomic E-state index is 15.1. The Morgan fingerprint density at radius 3 is 2.41 bits per heavy atom. The highest BCUT2D eigenvalue weighted by molar-refractivity contribution is 6.24. The second kappa shape index (κ2) is 8.70. The summed E-state index contributed by atoms with van der Waals surface area (Å²) in [6.45, 7) is 0.731. The smallest absolute Gasteiger partial charge is 0.331 e. The van der Waals surface area contributed by atoms with Gasteiger partial charge >= 0.3 is 5.97 Å². The predicted molar refractivity (Wildman–Crippen MR) is 129 cm³/mol. The van der Waals surface area contributed by atoms with Crippen molar-refractivity contribution in [3.05, 3.63) is 89.7 Å². The van der Waals surface area contributed by atoms with Gasteiger partial charge in [0.05, 0.1) is 24.6 Å². The molecule has 0 spiro atoms. The number of methoxy groups -OCH3 is 1. The van der Waals surface area contributed by atoms with E-state index in [9.17, 15) is 14.4 Å². The van der Waals surface area contributed by atoms with Crippen LogP contribution in [-0.2, 0) is 24.7 Å². The quantitative estimate of drug-likeness (QED) is 0.433. The number of nitrogens with zero attached hydrogens (tertiary/aromatic N) is 1. The normalized spacial score (nSPS) is 26.2. The number of carbonyl (C=O) groups is 3. The zero-order valence-electron chi connectivity index (χ0n) is 19.8. The monoisotopic (exact) mass is 502 g/mol. The van der Waals surface area contributed by atoms with Crippen LogP contribution in [-0.4, -0.2) is 38.1 Å². The zero-order valence-corrected chi connectivity index (χ0v) is 19.8. The van der Waals surface area contributed by atoms with E-state index in [1.54, 1.807) is 66.7 Å². The van der Waals surface area contributed by atoms with Crippen molar-refractivity contribution in [3.8, 4) is 11.5 Å². The minimum absolute atomic E-state index is 0.185. The Hall–Kier alpha value is -4.24. The topological polar surface area (TPSA) is 94.2 Å². The first-order valence-corrected chi connectivity index (χ1v) is 11.9. The molecule has 2 saturated heterocycles. The molecule has 188 valence electrons. The van der Waals surface area contributed by atoms with Gasteiger partial charge in [0.25, 0.3) is 0 Å². The molecule has 2 fully saturated rings. The molecule has 0 aliphatic carbocycles. The van der Waals surface area contributed by atoms with Crippen molar-refractivity contribution in [3.63, 3.8) is 0 Å². The molecule has 3 aliphatic rings. The van der Waals surface area contributed by atoms with E-state index in [0.717, 1.165) is 4.90 Å². The predicted octanol–water partition coefficient (Wildman–Crippen LogP) is 3.12. The molecule has 8 nitrogen and oxygen atoms in total. The molecule has 0 bridgehead atoms. The summed E-state index contributed by atoms with van der Waals surface area (Å²) in [4.78, 5) is 42.7. The van der Waals surface area contributed by atoms with Gasteiger partial charge in [0, 0.05) is 17.7 Å². The number of amides is 2. The molecule has 4 unspecified atom stereocenters. The molecule has 3 aromatic carbocycles. The number of halogens is 1. The standard InChI is InChI=1S/C28H23FN2O6/c1-35-27(34)28(16-7-3-2-4-8-16)23-22(24(30-28)18-9-5-6-10-19(18)29)25(32)31(26(23)33)17-11-12-20-21(15-17)37-14-13-36-20/h2-12,15,22-24,30H,13-14H2,1H3. The number of nitrogens with one attached hydrogen (secondary N) is 1. The van der Waals surface area contributed by atoms with Gasteiger partial charge in [-0.1, -0.05) is 48.5 Å². The molecule has 0 aromatic heterocycles. The number of ether oxygens (including phenoxy) is 3. The van der Waals surface area contributed by atoms with Crippen LogP contribution >= 0.6 is 0 Å². The van der Waals surface area contributed by atoms with Crippen molar-refractivity contribution in [2.24, 2.45) is 11.8 Å². The van der Waals surface area contributed by atoms with E-state index in [-0.39, 0.29) is 11.3 Å². The Morgan fingerprint density at radius 2 is 1.68 bits per heavy atom. The number of carbonyl (C=O) groups excluding carboxylic acids is 3. The van der Waals surface area contributed by atoms with Crippen molar-refractivity contribution in [1.82, 2.24) is 5.32 Å². The molecule has 0 radical (unpaired) electrons. The molecule has 3 aromatic rings. The van der Waals surface area contributed by atoms with Gasteiger partial charge in [-0.15, -0.1) is 0 Å². The van der Waals surface area contributed by atoms with Crippen LogP contribution in [0.25, 0.3) is 0 Å². The summed E-state index contributed by atoms with van der Waals surface area (Å²) in [5.74, 6) is -3.77. The van der Waals surface area contributed by atoms with Crippen molar-refractivity contribution in [2.75, 3.05) is 25.2 Å². The zero-order chi connectivity index (χ0) is 25.7. The Balaban J connectivity index is 1.54. The third kappa shape index (κ3) is 3.34. The van der Waals surface area contributed by atoms with E-state index in [1.165, 1.54) is 13.2 Å². The van der Waals surface area contributed by atoms with Gasteiger partial charge in [-0.25, -0.2) is 14.1 Å². The Bertz CT molecular complexity index is 1410. The van der Waals surface area contributed by atoms with Crippen molar-refractivity contribution in [1.29, 1.82) is 0 Å². The van der Waals surface area contributed by atoms with Gasteiger partial charge in [0.15, 0.2) is 17.0 Å². The molecular weight excluding hydrogens is 479 g/mol. The molecule has 2 amide bonds. The van der Waals surface area contributed by atoms with E-state index in [0.29, 0.717) is 30.3 Å². The molecule has 1 N–H and O–H groups in total. The fraction of sp³-hybridized carbons (Fsp3) is 0.250. The van der Waals surface area contributed by atoms with Crippen LogP contribution in [0.3, 0.4) is 0 Å². The molecule has 9 heteroatoms. The summed E-state index contributed by atoms with van der Waals surface area (Å²) in [7, 11) is 1.22. The van der Waals surface area contributed by atoms with Crippen LogP contribution in [0.2, 0.25) is 0 Å². The Morgan fingerprint density at radius 1 is 0.973 bits per heavy atom. The first kappa shape index (κ1) is 23.2. The number of rotatable bonds is 4. The van der Waals surface area contributed by atoms with Crippen LogP contribution < -0.4 is 19.7 Å². The van der Waals surface area contributed by atoms with Gasteiger partial charge in [0.2, 0.25) is 11.8 Å². The van der Waals surface area contributed by atoms with Crippen LogP contribution in [0.4, 0.5) is 10.1 Å². The molecule has 3 heterocycles. The fourth-order valence-electron chi connectivity index (χ4n) is 5.76. The number of hydrogen-bond acceptors (Lipinski definition) is 7. The highest BCUT2D eigenvalue weighted by Crippen LogP contribution is 2.54. The molecular formula is C28H23FN2O6. The van der Waals surface area contributed by atoms with Gasteiger partial charge in [-0.05, 0) is 23.8 Å². The van der Waals surface area contributed by atoms with Crippen LogP contribution in [0, 0.1) is 17.7 Å². The minimum atomic E-state index is -1.72. The number of benzene rings is 3. The average molecular weight is 502 g/mol. The lowest BCUT2D eigenvalue weighted by Crippen LogP contribution is -2.53. The number of esters is 1. The fourth-order valence-corrected chi connectivity index (χ4v) is 5.76. The average Bonchev–Trinajstić information content (AvgIpc) is 3.42. The lowest BCUT2D eigenvalue weighted by molar-refractivity contribution is -0.152. The SMILES string of the molecule is COC(=O)C1(c2ccccc2)NC(c2ccccc2F)C2C(=O)N(c3ccc4c(c3)OCCO4)C(=O)C21. The van der Waals surface area contributed by atoms with E-state index in [1.807, 2.05) is 0 Å². The Labute approximate surface area is 211 Å². The maximum Gasteiger partial charge on any atom is 0.331 e. The van der Waals surface area contributed by atoms with Crippen molar-refractivity contribution >= 4 is 23.5 Å². The van der Waals surface area contributed by atoms with E-state index in [4.69, 9.17) is 14.2 Å². The highest BCUT2D eigenvalue weighted by Gasteiger charge is 2.70. The second-order valence-electron chi connectivity index (χ2n) is 9.15. The number of fused-ring (bicyclic) bond motifs is 2. The first-order chi connectivity index (χ1) is 18.0. The largest absolute Gasteiger partial charge is 0.486 e. The molecule has 4 atom stereocenters.